The summed E-state index contributed by atoms with van der Waals surface area (Å²) in [6.45, 7) is -0.481. The van der Waals surface area contributed by atoms with Crippen molar-refractivity contribution in [3.05, 3.63) is 58.3 Å². The van der Waals surface area contributed by atoms with E-state index in [1.54, 1.807) is 0 Å². The number of aromatic nitrogens is 5. The van der Waals surface area contributed by atoms with Crippen molar-refractivity contribution in [3.63, 3.8) is 0 Å². The van der Waals surface area contributed by atoms with E-state index >= 15 is 0 Å². The van der Waals surface area contributed by atoms with Gasteiger partial charge in [0.05, 0.1) is 0 Å². The van der Waals surface area contributed by atoms with Gasteiger partial charge in [0.15, 0.2) is 0 Å². The topological polar surface area (TPSA) is 102 Å². The Kier molecular flexibility index (Phi) is 3.19. The van der Waals surface area contributed by atoms with E-state index in [0.29, 0.717) is 6.42 Å². The summed E-state index contributed by atoms with van der Waals surface area (Å²) in [6.07, 6.45) is 1.65. The predicted octanol–water partition coefficient (Wildman–Crippen LogP) is -0.0386. The third-order valence-corrected chi connectivity index (χ3v) is 2.98. The van der Waals surface area contributed by atoms with Crippen molar-refractivity contribution in [2.24, 2.45) is 0 Å². The lowest BCUT2D eigenvalue weighted by Gasteiger charge is -2.07. The fourth-order valence-corrected chi connectivity index (χ4v) is 2.07. The van der Waals surface area contributed by atoms with E-state index in [0.717, 1.165) is 10.1 Å². The van der Waals surface area contributed by atoms with Crippen LogP contribution in [0.4, 0.5) is 0 Å². The van der Waals surface area contributed by atoms with E-state index in [9.17, 15) is 9.59 Å². The Morgan fingerprint density at radius 1 is 1.24 bits per heavy atom. The standard InChI is InChI=1S/C13H11N5O3/c19-11(20)7-17-12(21)10(6-9-4-2-1-3-5-9)16-18-8-14-15-13(17)18/h1-5,8H,6-7H2,(H,19,20). The zero-order chi connectivity index (χ0) is 14.8. The van der Waals surface area contributed by atoms with Crippen LogP contribution >= 0.6 is 0 Å². The Labute approximate surface area is 118 Å². The maximum atomic E-state index is 12.4. The van der Waals surface area contributed by atoms with Crippen LogP contribution in [-0.4, -0.2) is 35.5 Å². The normalized spacial score (nSPS) is 10.9. The Morgan fingerprint density at radius 2 is 2.00 bits per heavy atom. The maximum Gasteiger partial charge on any atom is 0.323 e. The summed E-state index contributed by atoms with van der Waals surface area (Å²) in [5.41, 5.74) is 0.688. The molecule has 8 nitrogen and oxygen atoms in total. The Bertz CT molecular complexity index is 853. The number of fused-ring (bicyclic) bond motifs is 1. The molecule has 0 bridgehead atoms. The number of hydrogen-bond donors (Lipinski definition) is 1. The monoisotopic (exact) mass is 285 g/mol. The number of carbonyl (C=O) groups is 1. The van der Waals surface area contributed by atoms with Gasteiger partial charge < -0.3 is 5.11 Å². The Hall–Kier alpha value is -3.03. The lowest BCUT2D eigenvalue weighted by molar-refractivity contribution is -0.137. The highest BCUT2D eigenvalue weighted by molar-refractivity contribution is 5.67. The summed E-state index contributed by atoms with van der Waals surface area (Å²) in [7, 11) is 0. The van der Waals surface area contributed by atoms with Crippen LogP contribution in [-0.2, 0) is 17.8 Å². The zero-order valence-corrected chi connectivity index (χ0v) is 10.9. The highest BCUT2D eigenvalue weighted by Crippen LogP contribution is 2.04. The van der Waals surface area contributed by atoms with Crippen LogP contribution in [0, 0.1) is 0 Å². The molecule has 1 N–H and O–H groups in total. The second-order valence-electron chi connectivity index (χ2n) is 4.47. The number of rotatable bonds is 4. The minimum Gasteiger partial charge on any atom is -0.480 e. The van der Waals surface area contributed by atoms with Gasteiger partial charge in [0.2, 0.25) is 0 Å². The zero-order valence-electron chi connectivity index (χ0n) is 10.9. The fourth-order valence-electron chi connectivity index (χ4n) is 2.07. The number of hydrogen-bond acceptors (Lipinski definition) is 5. The lowest BCUT2D eigenvalue weighted by atomic mass is 10.1. The van der Waals surface area contributed by atoms with Gasteiger partial charge in [-0.2, -0.15) is 9.61 Å². The van der Waals surface area contributed by atoms with Gasteiger partial charge in [-0.25, -0.2) is 0 Å². The van der Waals surface area contributed by atoms with Crippen molar-refractivity contribution in [2.45, 2.75) is 13.0 Å². The van der Waals surface area contributed by atoms with Crippen molar-refractivity contribution in [2.75, 3.05) is 0 Å². The molecule has 0 aliphatic carbocycles. The highest BCUT2D eigenvalue weighted by atomic mass is 16.4. The van der Waals surface area contributed by atoms with Crippen LogP contribution in [0.5, 0.6) is 0 Å². The van der Waals surface area contributed by atoms with Gasteiger partial charge in [0.1, 0.15) is 18.6 Å². The minimum absolute atomic E-state index is 0.110. The smallest absolute Gasteiger partial charge is 0.323 e. The summed E-state index contributed by atoms with van der Waals surface area (Å²) in [5, 5.41) is 20.5. The van der Waals surface area contributed by atoms with E-state index in [2.05, 4.69) is 15.3 Å². The average Bonchev–Trinajstić information content (AvgIpc) is 2.92. The number of benzene rings is 1. The molecule has 21 heavy (non-hydrogen) atoms. The van der Waals surface area contributed by atoms with Crippen LogP contribution in [0.1, 0.15) is 11.3 Å². The molecular weight excluding hydrogens is 274 g/mol. The molecule has 3 aromatic rings. The van der Waals surface area contributed by atoms with Crippen molar-refractivity contribution < 1.29 is 9.90 Å². The summed E-state index contributed by atoms with van der Waals surface area (Å²) in [4.78, 5) is 23.3. The molecule has 3 rings (SSSR count). The largest absolute Gasteiger partial charge is 0.480 e. The molecule has 0 amide bonds. The van der Waals surface area contributed by atoms with Gasteiger partial charge in [0, 0.05) is 6.42 Å². The third kappa shape index (κ3) is 2.50. The van der Waals surface area contributed by atoms with Gasteiger partial charge in [-0.15, -0.1) is 10.2 Å². The summed E-state index contributed by atoms with van der Waals surface area (Å²) < 4.78 is 2.36. The van der Waals surface area contributed by atoms with Crippen LogP contribution in [0.2, 0.25) is 0 Å². The molecule has 0 saturated carbocycles. The first-order chi connectivity index (χ1) is 10.1. The van der Waals surface area contributed by atoms with E-state index < -0.39 is 18.1 Å². The number of aliphatic carboxylic acids is 1. The molecule has 0 saturated heterocycles. The molecule has 2 heterocycles. The predicted molar refractivity (Wildman–Crippen MR) is 71.9 cm³/mol. The third-order valence-electron chi connectivity index (χ3n) is 2.98. The van der Waals surface area contributed by atoms with Crippen molar-refractivity contribution >= 4 is 11.7 Å². The molecule has 0 radical (unpaired) electrons. The van der Waals surface area contributed by atoms with Crippen molar-refractivity contribution in [1.82, 2.24) is 24.4 Å². The summed E-state index contributed by atoms with van der Waals surface area (Å²) >= 11 is 0. The molecule has 8 heteroatoms. The highest BCUT2D eigenvalue weighted by Gasteiger charge is 2.15. The van der Waals surface area contributed by atoms with Gasteiger partial charge >= 0.3 is 5.97 Å². The Balaban J connectivity index is 2.12. The quantitative estimate of drug-likeness (QED) is 0.721. The van der Waals surface area contributed by atoms with E-state index in [1.165, 1.54) is 10.8 Å². The first-order valence-corrected chi connectivity index (χ1v) is 6.20. The minimum atomic E-state index is -1.13. The first-order valence-electron chi connectivity index (χ1n) is 6.20. The molecule has 0 fully saturated rings. The number of carboxylic acids is 1. The van der Waals surface area contributed by atoms with Crippen molar-refractivity contribution in [1.29, 1.82) is 0 Å². The van der Waals surface area contributed by atoms with Gasteiger partial charge in [-0.3, -0.25) is 14.2 Å². The molecule has 0 atom stereocenters. The van der Waals surface area contributed by atoms with Gasteiger partial charge in [0.25, 0.3) is 11.3 Å². The molecule has 0 spiro atoms. The van der Waals surface area contributed by atoms with E-state index in [1.807, 2.05) is 30.3 Å². The number of carboxylic acid groups (broad SMARTS) is 1. The molecule has 0 unspecified atom stereocenters. The molecule has 106 valence electrons. The first kappa shape index (κ1) is 13.0. The molecule has 2 aromatic heterocycles. The average molecular weight is 285 g/mol. The molecule has 1 aromatic carbocycles. The summed E-state index contributed by atoms with van der Waals surface area (Å²) in [6, 6.07) is 9.35. The Morgan fingerprint density at radius 3 is 2.71 bits per heavy atom. The second kappa shape index (κ2) is 5.16. The molecule has 0 aliphatic heterocycles. The molecule has 0 aliphatic rings. The maximum absolute atomic E-state index is 12.4. The molecular formula is C13H11N5O3. The number of nitrogens with zero attached hydrogens (tertiary/aromatic N) is 5. The van der Waals surface area contributed by atoms with Crippen LogP contribution in [0.15, 0.2) is 41.5 Å². The van der Waals surface area contributed by atoms with E-state index in [-0.39, 0.29) is 11.5 Å². The van der Waals surface area contributed by atoms with Crippen LogP contribution < -0.4 is 5.56 Å². The second-order valence-corrected chi connectivity index (χ2v) is 4.47. The van der Waals surface area contributed by atoms with Crippen molar-refractivity contribution in [3.8, 4) is 0 Å². The van der Waals surface area contributed by atoms with Crippen LogP contribution in [0.3, 0.4) is 0 Å². The van der Waals surface area contributed by atoms with Crippen LogP contribution in [0.25, 0.3) is 5.78 Å². The summed E-state index contributed by atoms with van der Waals surface area (Å²) in [5.74, 6) is -1.02. The lowest BCUT2D eigenvalue weighted by Crippen LogP contribution is -2.30. The fraction of sp³-hybridized carbons (Fsp3) is 0.154. The van der Waals surface area contributed by atoms with Gasteiger partial charge in [-0.1, -0.05) is 30.3 Å². The SMILES string of the molecule is O=C(O)Cn1c(=O)c(Cc2ccccc2)nn2cnnc12. The van der Waals surface area contributed by atoms with E-state index in [4.69, 9.17) is 5.11 Å². The van der Waals surface area contributed by atoms with Gasteiger partial charge in [-0.05, 0) is 5.56 Å².